The molecule has 0 bridgehead atoms. The van der Waals surface area contributed by atoms with Gasteiger partial charge < -0.3 is 30.0 Å². The summed E-state index contributed by atoms with van der Waals surface area (Å²) >= 11 is 0. The summed E-state index contributed by atoms with van der Waals surface area (Å²) in [5, 5.41) is 2.80. The van der Waals surface area contributed by atoms with Crippen LogP contribution in [0.3, 0.4) is 0 Å². The molecule has 7 heteroatoms. The summed E-state index contributed by atoms with van der Waals surface area (Å²) in [6.45, 7) is 1.32. The predicted molar refractivity (Wildman–Crippen MR) is 102 cm³/mol. The van der Waals surface area contributed by atoms with Crippen LogP contribution in [0.4, 0.5) is 11.4 Å². The number of nitrogens with two attached hydrogens (primary N) is 1. The quantitative estimate of drug-likeness (QED) is 0.519. The molecule has 0 spiro atoms. The third kappa shape index (κ3) is 5.27. The molecule has 1 aliphatic rings. The molecule has 1 heterocycles. The molecule has 0 saturated carbocycles. The van der Waals surface area contributed by atoms with Gasteiger partial charge in [0.05, 0.1) is 24.6 Å². The second-order valence-corrected chi connectivity index (χ2v) is 6.18. The Labute approximate surface area is 158 Å². The highest BCUT2D eigenvalue weighted by atomic mass is 16.7. The lowest BCUT2D eigenvalue weighted by Crippen LogP contribution is -2.14. The summed E-state index contributed by atoms with van der Waals surface area (Å²) in [4.78, 5) is 12.1. The van der Waals surface area contributed by atoms with Gasteiger partial charge in [0.15, 0.2) is 11.5 Å². The van der Waals surface area contributed by atoms with Crippen LogP contribution in [0, 0.1) is 0 Å². The summed E-state index contributed by atoms with van der Waals surface area (Å²) in [6, 6.07) is 11.2. The predicted octanol–water partition coefficient (Wildman–Crippen LogP) is 2.98. The second-order valence-electron chi connectivity index (χ2n) is 6.18. The van der Waals surface area contributed by atoms with Crippen molar-refractivity contribution in [2.24, 2.45) is 0 Å². The minimum atomic E-state index is -0.126. The number of hydrogen-bond donors (Lipinski definition) is 2. The third-order valence-electron chi connectivity index (χ3n) is 4.15. The van der Waals surface area contributed by atoms with Crippen LogP contribution in [-0.2, 0) is 16.0 Å². The normalized spacial score (nSPS) is 12.0. The fourth-order valence-electron chi connectivity index (χ4n) is 2.67. The van der Waals surface area contributed by atoms with Crippen molar-refractivity contribution < 1.29 is 23.7 Å². The van der Waals surface area contributed by atoms with E-state index < -0.39 is 0 Å². The molecule has 1 aliphatic heterocycles. The minimum absolute atomic E-state index is 0.126. The lowest BCUT2D eigenvalue weighted by atomic mass is 10.1. The number of carbonyl (C=O) groups is 1. The molecule has 2 aromatic rings. The van der Waals surface area contributed by atoms with Gasteiger partial charge in [0.2, 0.25) is 12.7 Å². The van der Waals surface area contributed by atoms with Gasteiger partial charge in [-0.25, -0.2) is 0 Å². The van der Waals surface area contributed by atoms with Gasteiger partial charge in [0.1, 0.15) is 5.75 Å². The Morgan fingerprint density at radius 1 is 1.15 bits per heavy atom. The zero-order valence-electron chi connectivity index (χ0n) is 15.3. The number of ether oxygens (including phenoxy) is 4. The topological polar surface area (TPSA) is 92.0 Å². The molecule has 0 radical (unpaired) electrons. The van der Waals surface area contributed by atoms with Crippen LogP contribution in [0.25, 0.3) is 0 Å². The summed E-state index contributed by atoms with van der Waals surface area (Å²) < 4.78 is 21.3. The van der Waals surface area contributed by atoms with Gasteiger partial charge in [0, 0.05) is 25.7 Å². The molecular formula is C20H24N2O5. The van der Waals surface area contributed by atoms with E-state index in [-0.39, 0.29) is 12.7 Å². The third-order valence-corrected chi connectivity index (χ3v) is 4.15. The van der Waals surface area contributed by atoms with Crippen LogP contribution >= 0.6 is 0 Å². The number of amides is 1. The van der Waals surface area contributed by atoms with E-state index >= 15 is 0 Å². The van der Waals surface area contributed by atoms with Gasteiger partial charge in [-0.2, -0.15) is 0 Å². The SMILES string of the molecule is COCCc1ccc(OCCCC(=O)Nc2cc3c(cc2N)OCO3)cc1. The minimum Gasteiger partial charge on any atom is -0.494 e. The maximum Gasteiger partial charge on any atom is 0.231 e. The first-order valence-electron chi connectivity index (χ1n) is 8.85. The number of nitrogens with one attached hydrogen (secondary N) is 1. The molecule has 3 N–H and O–H groups in total. The average molecular weight is 372 g/mol. The summed E-state index contributed by atoms with van der Waals surface area (Å²) in [7, 11) is 1.69. The Morgan fingerprint density at radius 3 is 2.63 bits per heavy atom. The van der Waals surface area contributed by atoms with Crippen LogP contribution in [-0.4, -0.2) is 33.0 Å². The van der Waals surface area contributed by atoms with Gasteiger partial charge in [-0.05, 0) is 30.5 Å². The first-order valence-corrected chi connectivity index (χ1v) is 8.85. The van der Waals surface area contributed by atoms with Gasteiger partial charge in [-0.3, -0.25) is 4.79 Å². The average Bonchev–Trinajstić information content (AvgIpc) is 3.12. The number of rotatable bonds is 9. The van der Waals surface area contributed by atoms with Crippen molar-refractivity contribution >= 4 is 17.3 Å². The van der Waals surface area contributed by atoms with E-state index in [1.807, 2.05) is 24.3 Å². The zero-order chi connectivity index (χ0) is 19.1. The largest absolute Gasteiger partial charge is 0.494 e. The molecule has 144 valence electrons. The number of carbonyl (C=O) groups excluding carboxylic acids is 1. The van der Waals surface area contributed by atoms with E-state index in [0.29, 0.717) is 48.9 Å². The lowest BCUT2D eigenvalue weighted by molar-refractivity contribution is -0.116. The fraction of sp³-hybridized carbons (Fsp3) is 0.350. The van der Waals surface area contributed by atoms with Crippen molar-refractivity contribution in [3.8, 4) is 17.2 Å². The van der Waals surface area contributed by atoms with E-state index in [0.717, 1.165) is 12.2 Å². The summed E-state index contributed by atoms with van der Waals surface area (Å²) in [5.74, 6) is 1.83. The van der Waals surface area contributed by atoms with Crippen LogP contribution in [0.5, 0.6) is 17.2 Å². The van der Waals surface area contributed by atoms with E-state index in [9.17, 15) is 4.79 Å². The number of methoxy groups -OCH3 is 1. The Hall–Kier alpha value is -2.93. The molecule has 2 aromatic carbocycles. The first-order chi connectivity index (χ1) is 13.2. The van der Waals surface area contributed by atoms with Crippen molar-refractivity contribution in [1.82, 2.24) is 0 Å². The molecule has 0 unspecified atom stereocenters. The van der Waals surface area contributed by atoms with Gasteiger partial charge in [-0.1, -0.05) is 12.1 Å². The molecule has 0 aromatic heterocycles. The standard InChI is InChI=1S/C20H24N2O5/c1-24-10-8-14-4-6-15(7-5-14)25-9-2-3-20(23)22-17-12-19-18(11-16(17)21)26-13-27-19/h4-7,11-12H,2-3,8-10,13,21H2,1H3,(H,22,23). The number of hydrogen-bond acceptors (Lipinski definition) is 6. The smallest absolute Gasteiger partial charge is 0.231 e. The monoisotopic (exact) mass is 372 g/mol. The number of benzene rings is 2. The maximum absolute atomic E-state index is 12.1. The molecule has 27 heavy (non-hydrogen) atoms. The zero-order valence-corrected chi connectivity index (χ0v) is 15.3. The lowest BCUT2D eigenvalue weighted by Gasteiger charge is -2.10. The summed E-state index contributed by atoms with van der Waals surface area (Å²) in [6.07, 6.45) is 1.81. The van der Waals surface area contributed by atoms with Crippen molar-refractivity contribution in [1.29, 1.82) is 0 Å². The van der Waals surface area contributed by atoms with E-state index in [1.165, 1.54) is 5.56 Å². The Morgan fingerprint density at radius 2 is 1.89 bits per heavy atom. The highest BCUT2D eigenvalue weighted by Crippen LogP contribution is 2.38. The van der Waals surface area contributed by atoms with E-state index in [1.54, 1.807) is 19.2 Å². The van der Waals surface area contributed by atoms with E-state index in [4.69, 9.17) is 24.7 Å². The molecule has 0 atom stereocenters. The molecule has 1 amide bonds. The molecule has 0 fully saturated rings. The van der Waals surface area contributed by atoms with Crippen molar-refractivity contribution in [3.05, 3.63) is 42.0 Å². The van der Waals surface area contributed by atoms with Gasteiger partial charge >= 0.3 is 0 Å². The molecule has 7 nitrogen and oxygen atoms in total. The van der Waals surface area contributed by atoms with Gasteiger partial charge in [-0.15, -0.1) is 0 Å². The van der Waals surface area contributed by atoms with E-state index in [2.05, 4.69) is 5.32 Å². The van der Waals surface area contributed by atoms with Gasteiger partial charge in [0.25, 0.3) is 0 Å². The van der Waals surface area contributed by atoms with Crippen LogP contribution in [0.2, 0.25) is 0 Å². The van der Waals surface area contributed by atoms with Crippen molar-refractivity contribution in [2.45, 2.75) is 19.3 Å². The highest BCUT2D eigenvalue weighted by molar-refractivity contribution is 5.94. The Bertz CT molecular complexity index is 777. The second kappa shape index (κ2) is 9.14. The molecular weight excluding hydrogens is 348 g/mol. The Kier molecular flexibility index (Phi) is 6.38. The van der Waals surface area contributed by atoms with Crippen LogP contribution < -0.4 is 25.3 Å². The molecule has 0 aliphatic carbocycles. The molecule has 0 saturated heterocycles. The number of fused-ring (bicyclic) bond motifs is 1. The first kappa shape index (κ1) is 18.8. The van der Waals surface area contributed by atoms with Crippen molar-refractivity contribution in [2.75, 3.05) is 38.2 Å². The number of anilines is 2. The molecule has 3 rings (SSSR count). The van der Waals surface area contributed by atoms with Crippen molar-refractivity contribution in [3.63, 3.8) is 0 Å². The highest BCUT2D eigenvalue weighted by Gasteiger charge is 2.17. The van der Waals surface area contributed by atoms with Crippen LogP contribution in [0.1, 0.15) is 18.4 Å². The van der Waals surface area contributed by atoms with Crippen LogP contribution in [0.15, 0.2) is 36.4 Å². The maximum atomic E-state index is 12.1. The fourth-order valence-corrected chi connectivity index (χ4v) is 2.67. The number of nitrogen functional groups attached to an aromatic ring is 1. The summed E-state index contributed by atoms with van der Waals surface area (Å²) in [5.41, 5.74) is 8.10. The Balaban J connectivity index is 1.40.